The molecule has 1 nitrogen and oxygen atoms in total. The summed E-state index contributed by atoms with van der Waals surface area (Å²) in [6.45, 7) is 6.54. The average Bonchev–Trinajstić information content (AvgIpc) is 2.18. The summed E-state index contributed by atoms with van der Waals surface area (Å²) in [4.78, 5) is 1.35. The molecule has 15 heavy (non-hydrogen) atoms. The zero-order valence-corrected chi connectivity index (χ0v) is 10.7. The normalized spacial score (nSPS) is 13.1. The van der Waals surface area contributed by atoms with Gasteiger partial charge in [0.15, 0.2) is 0 Å². The van der Waals surface area contributed by atoms with Crippen molar-refractivity contribution in [2.24, 2.45) is 11.7 Å². The molecule has 0 radical (unpaired) electrons. The predicted octanol–water partition coefficient (Wildman–Crippen LogP) is 3.84. The standard InChI is InChI=1S/C13H21NS/c1-10(2)8-9-15-13-6-4-12(5-7-13)11(3)14/h4-7,10-11H,8-9,14H2,1-3H3. The molecule has 1 aromatic rings. The Balaban J connectivity index is 2.43. The molecule has 0 fully saturated rings. The maximum absolute atomic E-state index is 5.80. The van der Waals surface area contributed by atoms with Crippen molar-refractivity contribution in [2.45, 2.75) is 38.1 Å². The van der Waals surface area contributed by atoms with Crippen LogP contribution in [0.25, 0.3) is 0 Å². The lowest BCUT2D eigenvalue weighted by atomic mass is 10.1. The van der Waals surface area contributed by atoms with Crippen LogP contribution in [0.2, 0.25) is 0 Å². The van der Waals surface area contributed by atoms with Gasteiger partial charge >= 0.3 is 0 Å². The Bertz CT molecular complexity index is 277. The maximum Gasteiger partial charge on any atom is 0.0266 e. The molecule has 1 unspecified atom stereocenters. The Morgan fingerprint density at radius 1 is 1.13 bits per heavy atom. The summed E-state index contributed by atoms with van der Waals surface area (Å²) in [5.41, 5.74) is 7.01. The van der Waals surface area contributed by atoms with Gasteiger partial charge in [0.2, 0.25) is 0 Å². The van der Waals surface area contributed by atoms with E-state index < -0.39 is 0 Å². The molecule has 0 saturated carbocycles. The molecule has 0 aliphatic carbocycles. The lowest BCUT2D eigenvalue weighted by Gasteiger charge is -2.07. The van der Waals surface area contributed by atoms with Gasteiger partial charge in [-0.15, -0.1) is 11.8 Å². The van der Waals surface area contributed by atoms with E-state index >= 15 is 0 Å². The predicted molar refractivity (Wildman–Crippen MR) is 69.2 cm³/mol. The highest BCUT2D eigenvalue weighted by Crippen LogP contribution is 2.22. The summed E-state index contributed by atoms with van der Waals surface area (Å²) in [5, 5.41) is 0. The van der Waals surface area contributed by atoms with Crippen LogP contribution in [0.5, 0.6) is 0 Å². The molecule has 0 saturated heterocycles. The van der Waals surface area contributed by atoms with Crippen LogP contribution in [-0.2, 0) is 0 Å². The Hall–Kier alpha value is -0.470. The number of thioether (sulfide) groups is 1. The average molecular weight is 223 g/mol. The first-order valence-electron chi connectivity index (χ1n) is 5.58. The zero-order chi connectivity index (χ0) is 11.3. The Labute approximate surface area is 97.4 Å². The van der Waals surface area contributed by atoms with E-state index in [0.29, 0.717) is 0 Å². The molecule has 1 rings (SSSR count). The molecule has 1 atom stereocenters. The molecule has 0 aliphatic heterocycles. The van der Waals surface area contributed by atoms with Crippen molar-refractivity contribution in [3.05, 3.63) is 29.8 Å². The van der Waals surface area contributed by atoms with Crippen LogP contribution in [0, 0.1) is 5.92 Å². The number of rotatable bonds is 5. The van der Waals surface area contributed by atoms with Gasteiger partial charge in [-0.3, -0.25) is 0 Å². The van der Waals surface area contributed by atoms with Crippen LogP contribution in [0.15, 0.2) is 29.2 Å². The molecule has 84 valence electrons. The summed E-state index contributed by atoms with van der Waals surface area (Å²) in [5.74, 6) is 2.00. The monoisotopic (exact) mass is 223 g/mol. The van der Waals surface area contributed by atoms with Crippen molar-refractivity contribution < 1.29 is 0 Å². The van der Waals surface area contributed by atoms with E-state index in [4.69, 9.17) is 5.73 Å². The molecule has 0 aromatic heterocycles. The maximum atomic E-state index is 5.80. The minimum absolute atomic E-state index is 0.139. The molecule has 0 bridgehead atoms. The summed E-state index contributed by atoms with van der Waals surface area (Å²) in [7, 11) is 0. The summed E-state index contributed by atoms with van der Waals surface area (Å²) in [6.07, 6.45) is 1.28. The topological polar surface area (TPSA) is 26.0 Å². The highest BCUT2D eigenvalue weighted by molar-refractivity contribution is 7.99. The molecule has 0 heterocycles. The SMILES string of the molecule is CC(C)CCSc1ccc(C(C)N)cc1. The lowest BCUT2D eigenvalue weighted by molar-refractivity contribution is 0.632. The van der Waals surface area contributed by atoms with E-state index in [1.165, 1.54) is 22.6 Å². The summed E-state index contributed by atoms with van der Waals surface area (Å²) < 4.78 is 0. The summed E-state index contributed by atoms with van der Waals surface area (Å²) in [6, 6.07) is 8.73. The first kappa shape index (κ1) is 12.6. The second-order valence-corrected chi connectivity index (χ2v) is 5.56. The van der Waals surface area contributed by atoms with Crippen LogP contribution < -0.4 is 5.73 Å². The highest BCUT2D eigenvalue weighted by atomic mass is 32.2. The second kappa shape index (κ2) is 6.19. The number of benzene rings is 1. The fourth-order valence-electron chi connectivity index (χ4n) is 1.28. The van der Waals surface area contributed by atoms with E-state index in [2.05, 4.69) is 38.1 Å². The molecule has 1 aromatic carbocycles. The van der Waals surface area contributed by atoms with Gasteiger partial charge < -0.3 is 5.73 Å². The summed E-state index contributed by atoms with van der Waals surface area (Å²) >= 11 is 1.93. The van der Waals surface area contributed by atoms with Gasteiger partial charge in [0.1, 0.15) is 0 Å². The minimum Gasteiger partial charge on any atom is -0.324 e. The van der Waals surface area contributed by atoms with Gasteiger partial charge in [-0.05, 0) is 42.7 Å². The molecular weight excluding hydrogens is 202 g/mol. The largest absolute Gasteiger partial charge is 0.324 e. The van der Waals surface area contributed by atoms with Crippen LogP contribution >= 0.6 is 11.8 Å². The molecule has 0 amide bonds. The molecule has 0 spiro atoms. The Kier molecular flexibility index (Phi) is 5.20. The van der Waals surface area contributed by atoms with Gasteiger partial charge in [-0.1, -0.05) is 26.0 Å². The zero-order valence-electron chi connectivity index (χ0n) is 9.86. The Morgan fingerprint density at radius 2 is 1.73 bits per heavy atom. The Morgan fingerprint density at radius 3 is 2.20 bits per heavy atom. The molecule has 2 heteroatoms. The molecule has 0 aliphatic rings. The third kappa shape index (κ3) is 4.72. The van der Waals surface area contributed by atoms with E-state index in [-0.39, 0.29) is 6.04 Å². The fraction of sp³-hybridized carbons (Fsp3) is 0.538. The van der Waals surface area contributed by atoms with Crippen molar-refractivity contribution in [3.63, 3.8) is 0 Å². The van der Waals surface area contributed by atoms with E-state index in [0.717, 1.165) is 5.92 Å². The quantitative estimate of drug-likeness (QED) is 0.767. The van der Waals surface area contributed by atoms with Crippen molar-refractivity contribution in [2.75, 3.05) is 5.75 Å². The van der Waals surface area contributed by atoms with Gasteiger partial charge in [-0.2, -0.15) is 0 Å². The number of hydrogen-bond donors (Lipinski definition) is 1. The van der Waals surface area contributed by atoms with Crippen molar-refractivity contribution in [1.82, 2.24) is 0 Å². The van der Waals surface area contributed by atoms with Crippen molar-refractivity contribution in [3.8, 4) is 0 Å². The second-order valence-electron chi connectivity index (χ2n) is 4.39. The minimum atomic E-state index is 0.139. The number of nitrogens with two attached hydrogens (primary N) is 1. The van der Waals surface area contributed by atoms with Gasteiger partial charge in [0, 0.05) is 10.9 Å². The van der Waals surface area contributed by atoms with E-state index in [9.17, 15) is 0 Å². The van der Waals surface area contributed by atoms with Gasteiger partial charge in [-0.25, -0.2) is 0 Å². The smallest absolute Gasteiger partial charge is 0.0266 e. The van der Waals surface area contributed by atoms with Crippen LogP contribution in [-0.4, -0.2) is 5.75 Å². The highest BCUT2D eigenvalue weighted by Gasteiger charge is 2.00. The third-order valence-corrected chi connectivity index (χ3v) is 3.42. The molecule has 2 N–H and O–H groups in total. The van der Waals surface area contributed by atoms with Gasteiger partial charge in [0.05, 0.1) is 0 Å². The third-order valence-electron chi connectivity index (χ3n) is 2.37. The van der Waals surface area contributed by atoms with Crippen LogP contribution in [0.4, 0.5) is 0 Å². The molecular formula is C13H21NS. The van der Waals surface area contributed by atoms with E-state index in [1.54, 1.807) is 0 Å². The van der Waals surface area contributed by atoms with E-state index in [1.807, 2.05) is 18.7 Å². The van der Waals surface area contributed by atoms with Crippen molar-refractivity contribution >= 4 is 11.8 Å². The lowest BCUT2D eigenvalue weighted by Crippen LogP contribution is -2.04. The van der Waals surface area contributed by atoms with Crippen molar-refractivity contribution in [1.29, 1.82) is 0 Å². The van der Waals surface area contributed by atoms with Gasteiger partial charge in [0.25, 0.3) is 0 Å². The van der Waals surface area contributed by atoms with Crippen LogP contribution in [0.3, 0.4) is 0 Å². The van der Waals surface area contributed by atoms with Crippen LogP contribution in [0.1, 0.15) is 38.8 Å². The first-order chi connectivity index (χ1) is 7.09. The fourth-order valence-corrected chi connectivity index (χ4v) is 2.43. The number of hydrogen-bond acceptors (Lipinski definition) is 2. The first-order valence-corrected chi connectivity index (χ1v) is 6.56.